The monoisotopic (exact) mass is 406 g/mol. The number of benzene rings is 2. The zero-order valence-electron chi connectivity index (χ0n) is 13.7. The molecule has 8 heteroatoms. The van der Waals surface area contributed by atoms with Crippen molar-refractivity contribution in [2.24, 2.45) is 0 Å². The van der Waals surface area contributed by atoms with E-state index in [1.54, 1.807) is 17.0 Å². The number of nitrogens with one attached hydrogen (secondary N) is 1. The topological polar surface area (TPSA) is 59.8 Å². The van der Waals surface area contributed by atoms with E-state index < -0.39 is 0 Å². The van der Waals surface area contributed by atoms with Crippen molar-refractivity contribution >= 4 is 40.9 Å². The van der Waals surface area contributed by atoms with Crippen LogP contribution in [0.15, 0.2) is 60.0 Å². The zero-order valence-corrected chi connectivity index (χ0v) is 16.1. The second-order valence-corrected chi connectivity index (χ2v) is 7.30. The molecule has 1 heterocycles. The van der Waals surface area contributed by atoms with E-state index in [1.807, 2.05) is 42.5 Å². The smallest absolute Gasteiger partial charge is 0.230 e. The van der Waals surface area contributed by atoms with Crippen molar-refractivity contribution < 1.29 is 4.79 Å². The molecule has 0 atom stereocenters. The maximum Gasteiger partial charge on any atom is 0.230 e. The number of halogens is 2. The van der Waals surface area contributed by atoms with Gasteiger partial charge in [-0.2, -0.15) is 0 Å². The van der Waals surface area contributed by atoms with E-state index in [4.69, 9.17) is 23.2 Å². The van der Waals surface area contributed by atoms with Gasteiger partial charge in [0.2, 0.25) is 5.91 Å². The summed E-state index contributed by atoms with van der Waals surface area (Å²) in [5, 5.41) is 12.9. The van der Waals surface area contributed by atoms with Gasteiger partial charge in [-0.15, -0.1) is 10.2 Å². The average Bonchev–Trinajstić information content (AvgIpc) is 3.09. The summed E-state index contributed by atoms with van der Waals surface area (Å²) < 4.78 is 1.80. The van der Waals surface area contributed by atoms with E-state index in [0.717, 1.165) is 17.7 Å². The molecule has 0 saturated carbocycles. The Balaban J connectivity index is 1.50. The minimum atomic E-state index is -0.0577. The molecule has 26 heavy (non-hydrogen) atoms. The number of thioether (sulfide) groups is 1. The Morgan fingerprint density at radius 2 is 1.88 bits per heavy atom. The van der Waals surface area contributed by atoms with E-state index in [0.29, 0.717) is 21.7 Å². The van der Waals surface area contributed by atoms with Crippen molar-refractivity contribution in [2.45, 2.75) is 11.6 Å². The number of hydrogen-bond donors (Lipinski definition) is 1. The van der Waals surface area contributed by atoms with Crippen LogP contribution < -0.4 is 5.32 Å². The van der Waals surface area contributed by atoms with Crippen LogP contribution in [0.1, 0.15) is 5.56 Å². The summed E-state index contributed by atoms with van der Waals surface area (Å²) in [5.41, 5.74) is 1.94. The second-order valence-electron chi connectivity index (χ2n) is 5.48. The number of aromatic nitrogens is 3. The Morgan fingerprint density at radius 3 is 2.65 bits per heavy atom. The molecule has 1 aromatic heterocycles. The summed E-state index contributed by atoms with van der Waals surface area (Å²) >= 11 is 13.3. The van der Waals surface area contributed by atoms with Crippen LogP contribution in [-0.2, 0) is 11.2 Å². The molecule has 0 aliphatic carbocycles. The fourth-order valence-electron chi connectivity index (χ4n) is 2.35. The molecule has 1 amide bonds. The average molecular weight is 407 g/mol. The third-order valence-electron chi connectivity index (χ3n) is 3.56. The number of hydrogen-bond acceptors (Lipinski definition) is 4. The zero-order chi connectivity index (χ0) is 18.4. The molecule has 0 saturated heterocycles. The van der Waals surface area contributed by atoms with E-state index in [2.05, 4.69) is 15.5 Å². The molecule has 0 radical (unpaired) electrons. The fourth-order valence-corrected chi connectivity index (χ4v) is 3.50. The molecule has 0 aliphatic rings. The fraction of sp³-hybridized carbons (Fsp3) is 0.167. The first-order chi connectivity index (χ1) is 12.6. The van der Waals surface area contributed by atoms with Crippen molar-refractivity contribution in [3.05, 3.63) is 70.5 Å². The van der Waals surface area contributed by atoms with Gasteiger partial charge in [0.15, 0.2) is 5.16 Å². The summed E-state index contributed by atoms with van der Waals surface area (Å²) in [6.45, 7) is 0.556. The Hall–Kier alpha value is -2.02. The van der Waals surface area contributed by atoms with Gasteiger partial charge in [-0.25, -0.2) is 0 Å². The number of amides is 1. The van der Waals surface area contributed by atoms with E-state index in [9.17, 15) is 4.79 Å². The van der Waals surface area contributed by atoms with Crippen LogP contribution in [0.25, 0.3) is 5.69 Å². The summed E-state index contributed by atoms with van der Waals surface area (Å²) in [4.78, 5) is 12.1. The Labute approximate surface area is 165 Å². The number of carbonyl (C=O) groups is 1. The largest absolute Gasteiger partial charge is 0.355 e. The molecule has 0 unspecified atom stereocenters. The van der Waals surface area contributed by atoms with Gasteiger partial charge < -0.3 is 5.32 Å². The molecule has 0 bridgehead atoms. The standard InChI is InChI=1S/C18H16Cl2N4OS/c19-14-4-1-3-13(9-14)7-8-21-17(25)11-26-18-23-22-12-24(18)16-6-2-5-15(20)10-16/h1-6,9-10,12H,7-8,11H2,(H,21,25). The molecule has 2 aromatic carbocycles. The van der Waals surface area contributed by atoms with Gasteiger partial charge in [0.1, 0.15) is 6.33 Å². The third kappa shape index (κ3) is 5.24. The summed E-state index contributed by atoms with van der Waals surface area (Å²) in [6, 6.07) is 15.0. The summed E-state index contributed by atoms with van der Waals surface area (Å²) in [5.74, 6) is 0.201. The van der Waals surface area contributed by atoms with Gasteiger partial charge in [0.05, 0.1) is 11.4 Å². The highest BCUT2D eigenvalue weighted by atomic mass is 35.5. The first kappa shape index (κ1) is 18.8. The first-order valence-electron chi connectivity index (χ1n) is 7.92. The third-order valence-corrected chi connectivity index (χ3v) is 4.97. The van der Waals surface area contributed by atoms with Gasteiger partial charge in [-0.1, -0.05) is 53.2 Å². The lowest BCUT2D eigenvalue weighted by Gasteiger charge is -2.07. The van der Waals surface area contributed by atoms with E-state index in [-0.39, 0.29) is 11.7 Å². The highest BCUT2D eigenvalue weighted by molar-refractivity contribution is 7.99. The Bertz CT molecular complexity index is 900. The maximum atomic E-state index is 12.1. The maximum absolute atomic E-state index is 12.1. The highest BCUT2D eigenvalue weighted by Crippen LogP contribution is 2.21. The SMILES string of the molecule is O=C(CSc1nncn1-c1cccc(Cl)c1)NCCc1cccc(Cl)c1. The number of nitrogens with zero attached hydrogens (tertiary/aromatic N) is 3. The van der Waals surface area contributed by atoms with Gasteiger partial charge in [-0.3, -0.25) is 9.36 Å². The lowest BCUT2D eigenvalue weighted by molar-refractivity contribution is -0.118. The number of rotatable bonds is 7. The molecule has 0 spiro atoms. The van der Waals surface area contributed by atoms with E-state index in [1.165, 1.54) is 11.8 Å². The quantitative estimate of drug-likeness (QED) is 0.601. The summed E-state index contributed by atoms with van der Waals surface area (Å²) in [7, 11) is 0. The highest BCUT2D eigenvalue weighted by Gasteiger charge is 2.10. The van der Waals surface area contributed by atoms with Crippen LogP contribution in [-0.4, -0.2) is 33.0 Å². The predicted molar refractivity (Wildman–Crippen MR) is 105 cm³/mol. The van der Waals surface area contributed by atoms with Crippen LogP contribution in [0.3, 0.4) is 0 Å². The molecule has 1 N–H and O–H groups in total. The van der Waals surface area contributed by atoms with Gasteiger partial charge in [0, 0.05) is 16.6 Å². The Kier molecular flexibility index (Phi) is 6.55. The predicted octanol–water partition coefficient (Wildman–Crippen LogP) is 4.03. The molecular formula is C18H16Cl2N4OS. The van der Waals surface area contributed by atoms with Crippen LogP contribution in [0.5, 0.6) is 0 Å². The molecule has 5 nitrogen and oxygen atoms in total. The van der Waals surface area contributed by atoms with Crippen molar-refractivity contribution in [3.8, 4) is 5.69 Å². The normalized spacial score (nSPS) is 10.7. The van der Waals surface area contributed by atoms with E-state index >= 15 is 0 Å². The molecule has 3 rings (SSSR count). The van der Waals surface area contributed by atoms with Crippen molar-refractivity contribution in [2.75, 3.05) is 12.3 Å². The molecule has 3 aromatic rings. The van der Waals surface area contributed by atoms with Gasteiger partial charge in [0.25, 0.3) is 0 Å². The Morgan fingerprint density at radius 1 is 1.12 bits per heavy atom. The van der Waals surface area contributed by atoms with Crippen LogP contribution in [0.2, 0.25) is 10.0 Å². The lowest BCUT2D eigenvalue weighted by atomic mass is 10.1. The minimum Gasteiger partial charge on any atom is -0.355 e. The van der Waals surface area contributed by atoms with Crippen molar-refractivity contribution in [3.63, 3.8) is 0 Å². The van der Waals surface area contributed by atoms with Gasteiger partial charge in [-0.05, 0) is 42.3 Å². The van der Waals surface area contributed by atoms with Crippen molar-refractivity contribution in [1.29, 1.82) is 0 Å². The summed E-state index contributed by atoms with van der Waals surface area (Å²) in [6.07, 6.45) is 2.33. The molecule has 0 aliphatic heterocycles. The lowest BCUT2D eigenvalue weighted by Crippen LogP contribution is -2.27. The van der Waals surface area contributed by atoms with Crippen LogP contribution in [0, 0.1) is 0 Å². The number of carbonyl (C=O) groups excluding carboxylic acids is 1. The van der Waals surface area contributed by atoms with Crippen molar-refractivity contribution in [1.82, 2.24) is 20.1 Å². The first-order valence-corrected chi connectivity index (χ1v) is 9.66. The minimum absolute atomic E-state index is 0.0577. The molecule has 134 valence electrons. The van der Waals surface area contributed by atoms with Gasteiger partial charge >= 0.3 is 0 Å². The molecule has 0 fully saturated rings. The molecular weight excluding hydrogens is 391 g/mol. The van der Waals surface area contributed by atoms with Crippen LogP contribution >= 0.6 is 35.0 Å². The second kappa shape index (κ2) is 9.07. The van der Waals surface area contributed by atoms with Crippen LogP contribution in [0.4, 0.5) is 0 Å².